The van der Waals surface area contributed by atoms with Gasteiger partial charge in [0.25, 0.3) is 5.91 Å². The second-order valence-electron chi connectivity index (χ2n) is 7.07. The molecule has 5 nitrogen and oxygen atoms in total. The Labute approximate surface area is 167 Å². The van der Waals surface area contributed by atoms with E-state index in [1.54, 1.807) is 6.07 Å². The van der Waals surface area contributed by atoms with Crippen LogP contribution in [0.25, 0.3) is 10.9 Å². The molecular weight excluding hydrogens is 380 g/mol. The molecule has 1 aliphatic heterocycles. The van der Waals surface area contributed by atoms with E-state index in [9.17, 15) is 4.79 Å². The molecule has 0 atom stereocenters. The quantitative estimate of drug-likeness (QED) is 0.637. The molecule has 0 aliphatic carbocycles. The van der Waals surface area contributed by atoms with Crippen LogP contribution in [-0.4, -0.2) is 33.9 Å². The molecule has 27 heavy (non-hydrogen) atoms. The van der Waals surface area contributed by atoms with Crippen molar-refractivity contribution >= 4 is 44.9 Å². The summed E-state index contributed by atoms with van der Waals surface area (Å²) in [6, 6.07) is 9.08. The Morgan fingerprint density at radius 2 is 2.07 bits per heavy atom. The average molecular weight is 401 g/mol. The highest BCUT2D eigenvalue weighted by molar-refractivity contribution is 7.14. The Kier molecular flexibility index (Phi) is 5.38. The minimum Gasteiger partial charge on any atom is -0.298 e. The first-order valence-electron chi connectivity index (χ1n) is 9.12. The summed E-state index contributed by atoms with van der Waals surface area (Å²) in [5.41, 5.74) is 2.21. The molecule has 0 saturated carbocycles. The van der Waals surface area contributed by atoms with E-state index in [1.807, 2.05) is 29.6 Å². The Balaban J connectivity index is 1.47. The van der Waals surface area contributed by atoms with E-state index >= 15 is 0 Å². The number of piperidine rings is 1. The topological polar surface area (TPSA) is 58.1 Å². The van der Waals surface area contributed by atoms with Gasteiger partial charge < -0.3 is 0 Å². The SMILES string of the molecule is CC1CCN(Cc2csc(NC(=O)c3cc(Cl)nc4ccccc34)n2)CC1. The highest BCUT2D eigenvalue weighted by atomic mass is 35.5. The normalized spacial score (nSPS) is 15.9. The third kappa shape index (κ3) is 4.29. The van der Waals surface area contributed by atoms with Gasteiger partial charge in [-0.2, -0.15) is 0 Å². The van der Waals surface area contributed by atoms with Crippen molar-refractivity contribution in [2.75, 3.05) is 18.4 Å². The Morgan fingerprint density at radius 3 is 2.89 bits per heavy atom. The van der Waals surface area contributed by atoms with Gasteiger partial charge in [0.05, 0.1) is 16.8 Å². The van der Waals surface area contributed by atoms with Crippen LogP contribution < -0.4 is 5.32 Å². The number of nitrogens with one attached hydrogen (secondary N) is 1. The number of likely N-dealkylation sites (tertiary alicyclic amines) is 1. The second kappa shape index (κ2) is 7.92. The first-order chi connectivity index (χ1) is 13.1. The lowest BCUT2D eigenvalue weighted by Crippen LogP contribution is -2.32. The summed E-state index contributed by atoms with van der Waals surface area (Å²) in [7, 11) is 0. The van der Waals surface area contributed by atoms with Crippen molar-refractivity contribution in [2.24, 2.45) is 5.92 Å². The number of carbonyl (C=O) groups is 1. The number of anilines is 1. The number of pyridine rings is 1. The average Bonchev–Trinajstić information content (AvgIpc) is 3.09. The summed E-state index contributed by atoms with van der Waals surface area (Å²) in [5, 5.41) is 6.61. The maximum Gasteiger partial charge on any atom is 0.258 e. The molecule has 3 heterocycles. The Morgan fingerprint density at radius 1 is 1.30 bits per heavy atom. The molecule has 1 amide bonds. The van der Waals surface area contributed by atoms with Crippen molar-refractivity contribution in [1.29, 1.82) is 0 Å². The number of para-hydroxylation sites is 1. The van der Waals surface area contributed by atoms with Crippen molar-refractivity contribution in [2.45, 2.75) is 26.3 Å². The van der Waals surface area contributed by atoms with Gasteiger partial charge >= 0.3 is 0 Å². The van der Waals surface area contributed by atoms with Crippen LogP contribution in [0.1, 0.15) is 35.8 Å². The fourth-order valence-corrected chi connectivity index (χ4v) is 4.28. The highest BCUT2D eigenvalue weighted by Gasteiger charge is 2.18. The summed E-state index contributed by atoms with van der Waals surface area (Å²) in [6.07, 6.45) is 2.48. The van der Waals surface area contributed by atoms with Crippen LogP contribution >= 0.6 is 22.9 Å². The van der Waals surface area contributed by atoms with Crippen LogP contribution in [0.15, 0.2) is 35.7 Å². The van der Waals surface area contributed by atoms with Crippen LogP contribution in [0.5, 0.6) is 0 Å². The van der Waals surface area contributed by atoms with E-state index in [2.05, 4.69) is 27.1 Å². The number of benzene rings is 1. The van der Waals surface area contributed by atoms with Crippen molar-refractivity contribution in [3.63, 3.8) is 0 Å². The van der Waals surface area contributed by atoms with Crippen LogP contribution in [0.3, 0.4) is 0 Å². The molecular formula is C20H21ClN4OS. The molecule has 1 aliphatic rings. The minimum atomic E-state index is -0.219. The molecule has 0 bridgehead atoms. The second-order valence-corrected chi connectivity index (χ2v) is 8.31. The van der Waals surface area contributed by atoms with Gasteiger partial charge in [-0.15, -0.1) is 11.3 Å². The third-order valence-corrected chi connectivity index (χ3v) is 5.96. The predicted molar refractivity (Wildman–Crippen MR) is 110 cm³/mol. The zero-order valence-corrected chi connectivity index (χ0v) is 16.7. The van der Waals surface area contributed by atoms with Crippen molar-refractivity contribution in [3.05, 3.63) is 52.1 Å². The van der Waals surface area contributed by atoms with Gasteiger partial charge in [-0.05, 0) is 44.0 Å². The van der Waals surface area contributed by atoms with Crippen LogP contribution in [0.2, 0.25) is 5.15 Å². The number of hydrogen-bond donors (Lipinski definition) is 1. The first-order valence-corrected chi connectivity index (χ1v) is 10.4. The maximum absolute atomic E-state index is 12.8. The molecule has 3 aromatic rings. The van der Waals surface area contributed by atoms with Gasteiger partial charge in [-0.25, -0.2) is 9.97 Å². The van der Waals surface area contributed by atoms with E-state index in [0.717, 1.165) is 36.6 Å². The van der Waals surface area contributed by atoms with Gasteiger partial charge in [0.1, 0.15) is 5.15 Å². The largest absolute Gasteiger partial charge is 0.298 e. The molecule has 4 rings (SSSR count). The van der Waals surface area contributed by atoms with Crippen molar-refractivity contribution in [1.82, 2.24) is 14.9 Å². The smallest absolute Gasteiger partial charge is 0.258 e. The van der Waals surface area contributed by atoms with E-state index in [0.29, 0.717) is 21.4 Å². The third-order valence-electron chi connectivity index (χ3n) is 4.96. The van der Waals surface area contributed by atoms with Gasteiger partial charge in [0.15, 0.2) is 5.13 Å². The van der Waals surface area contributed by atoms with Crippen LogP contribution in [-0.2, 0) is 6.54 Å². The molecule has 1 fully saturated rings. The molecule has 7 heteroatoms. The molecule has 0 spiro atoms. The number of carbonyl (C=O) groups excluding carboxylic acids is 1. The minimum absolute atomic E-state index is 0.219. The Hall–Kier alpha value is -2.02. The van der Waals surface area contributed by atoms with Crippen molar-refractivity contribution in [3.8, 4) is 0 Å². The fourth-order valence-electron chi connectivity index (χ4n) is 3.38. The molecule has 1 aromatic carbocycles. The number of amides is 1. The van der Waals surface area contributed by atoms with Gasteiger partial charge in [0, 0.05) is 17.3 Å². The lowest BCUT2D eigenvalue weighted by molar-refractivity contribution is 0.102. The lowest BCUT2D eigenvalue weighted by Gasteiger charge is -2.29. The number of thiazole rings is 1. The fraction of sp³-hybridized carbons (Fsp3) is 0.350. The molecule has 140 valence electrons. The number of hydrogen-bond acceptors (Lipinski definition) is 5. The summed E-state index contributed by atoms with van der Waals surface area (Å²) in [5.74, 6) is 0.594. The summed E-state index contributed by atoms with van der Waals surface area (Å²) in [4.78, 5) is 24.1. The molecule has 1 saturated heterocycles. The summed E-state index contributed by atoms with van der Waals surface area (Å²) < 4.78 is 0. The number of fused-ring (bicyclic) bond motifs is 1. The maximum atomic E-state index is 12.8. The van der Waals surface area contributed by atoms with Gasteiger partial charge in [0.2, 0.25) is 0 Å². The van der Waals surface area contributed by atoms with Gasteiger partial charge in [-0.3, -0.25) is 15.0 Å². The summed E-state index contributed by atoms with van der Waals surface area (Å²) >= 11 is 7.54. The monoisotopic (exact) mass is 400 g/mol. The number of aromatic nitrogens is 2. The van der Waals surface area contributed by atoms with E-state index in [1.165, 1.54) is 24.2 Å². The number of rotatable bonds is 4. The van der Waals surface area contributed by atoms with E-state index in [4.69, 9.17) is 11.6 Å². The Bertz CT molecular complexity index is 966. The lowest BCUT2D eigenvalue weighted by atomic mass is 9.99. The zero-order chi connectivity index (χ0) is 18.8. The molecule has 0 unspecified atom stereocenters. The highest BCUT2D eigenvalue weighted by Crippen LogP contribution is 2.24. The first kappa shape index (κ1) is 18.3. The van der Waals surface area contributed by atoms with E-state index < -0.39 is 0 Å². The predicted octanol–water partition coefficient (Wildman–Crippen LogP) is 4.83. The van der Waals surface area contributed by atoms with Crippen molar-refractivity contribution < 1.29 is 4.79 Å². The van der Waals surface area contributed by atoms with Crippen LogP contribution in [0.4, 0.5) is 5.13 Å². The summed E-state index contributed by atoms with van der Waals surface area (Å²) in [6.45, 7) is 5.37. The van der Waals surface area contributed by atoms with Crippen LogP contribution in [0, 0.1) is 5.92 Å². The molecule has 1 N–H and O–H groups in total. The van der Waals surface area contributed by atoms with Gasteiger partial charge in [-0.1, -0.05) is 36.7 Å². The molecule has 2 aromatic heterocycles. The standard InChI is InChI=1S/C20H21ClN4OS/c1-13-6-8-25(9-7-13)11-14-12-27-20(22-14)24-19(26)16-10-18(21)23-17-5-3-2-4-15(16)17/h2-5,10,12-13H,6-9,11H2,1H3,(H,22,24,26). The van der Waals surface area contributed by atoms with E-state index in [-0.39, 0.29) is 5.91 Å². The molecule has 0 radical (unpaired) electrons. The number of nitrogens with zero attached hydrogens (tertiary/aromatic N) is 3. The number of halogens is 1. The zero-order valence-electron chi connectivity index (χ0n) is 15.1.